The molecule has 0 saturated heterocycles. The molecular formula is C15H14BrFN2O3S. The third-order valence-electron chi connectivity index (χ3n) is 2.78. The Kier molecular flexibility index (Phi) is 5.73. The summed E-state index contributed by atoms with van der Waals surface area (Å²) in [6.45, 7) is 2.33. The van der Waals surface area contributed by atoms with E-state index in [1.165, 1.54) is 30.3 Å². The van der Waals surface area contributed by atoms with E-state index in [4.69, 9.17) is 4.74 Å². The van der Waals surface area contributed by atoms with Crippen LogP contribution in [0.3, 0.4) is 0 Å². The molecule has 0 amide bonds. The number of ether oxygens (including phenoxy) is 1. The molecule has 2 aromatic rings. The number of hydrogen-bond acceptors (Lipinski definition) is 4. The van der Waals surface area contributed by atoms with E-state index in [-0.39, 0.29) is 10.5 Å². The maximum Gasteiger partial charge on any atom is 0.276 e. The van der Waals surface area contributed by atoms with Gasteiger partial charge in [-0.2, -0.15) is 13.5 Å². The molecule has 2 rings (SSSR count). The quantitative estimate of drug-likeness (QED) is 0.597. The van der Waals surface area contributed by atoms with E-state index in [9.17, 15) is 12.8 Å². The Morgan fingerprint density at radius 1 is 1.26 bits per heavy atom. The first-order valence-electron chi connectivity index (χ1n) is 6.65. The maximum absolute atomic E-state index is 13.5. The number of halogens is 2. The van der Waals surface area contributed by atoms with Crippen molar-refractivity contribution in [2.75, 3.05) is 6.61 Å². The minimum atomic E-state index is -3.82. The molecule has 0 aliphatic heterocycles. The molecule has 5 nitrogen and oxygen atoms in total. The average molecular weight is 401 g/mol. The Morgan fingerprint density at radius 3 is 2.61 bits per heavy atom. The summed E-state index contributed by atoms with van der Waals surface area (Å²) >= 11 is 3.21. The minimum absolute atomic E-state index is 0.0350. The fourth-order valence-electron chi connectivity index (χ4n) is 1.71. The van der Waals surface area contributed by atoms with Crippen LogP contribution in [-0.2, 0) is 10.0 Å². The Morgan fingerprint density at radius 2 is 1.96 bits per heavy atom. The molecule has 0 heterocycles. The van der Waals surface area contributed by atoms with Crippen LogP contribution in [0.15, 0.2) is 56.9 Å². The summed E-state index contributed by atoms with van der Waals surface area (Å²) in [7, 11) is -3.82. The van der Waals surface area contributed by atoms with E-state index in [0.717, 1.165) is 6.21 Å². The average Bonchev–Trinajstić information content (AvgIpc) is 2.51. The predicted molar refractivity (Wildman–Crippen MR) is 89.6 cm³/mol. The van der Waals surface area contributed by atoms with Crippen LogP contribution in [0.1, 0.15) is 12.5 Å². The number of nitrogens with one attached hydrogen (secondary N) is 1. The van der Waals surface area contributed by atoms with Gasteiger partial charge in [-0.05, 0) is 49.4 Å². The zero-order valence-corrected chi connectivity index (χ0v) is 14.6. The second kappa shape index (κ2) is 7.56. The van der Waals surface area contributed by atoms with Crippen molar-refractivity contribution >= 4 is 32.2 Å². The molecule has 0 fully saturated rings. The molecule has 23 heavy (non-hydrogen) atoms. The molecule has 0 spiro atoms. The number of hydrogen-bond donors (Lipinski definition) is 1. The first kappa shape index (κ1) is 17.4. The smallest absolute Gasteiger partial charge is 0.276 e. The van der Waals surface area contributed by atoms with Crippen LogP contribution in [0, 0.1) is 5.82 Å². The zero-order chi connectivity index (χ0) is 16.9. The maximum atomic E-state index is 13.5. The van der Waals surface area contributed by atoms with Crippen molar-refractivity contribution in [2.45, 2.75) is 11.8 Å². The summed E-state index contributed by atoms with van der Waals surface area (Å²) in [5, 5.41) is 3.60. The highest BCUT2D eigenvalue weighted by Crippen LogP contribution is 2.16. The molecule has 0 saturated carbocycles. The molecular weight excluding hydrogens is 387 g/mol. The number of benzene rings is 2. The van der Waals surface area contributed by atoms with Gasteiger partial charge in [0, 0.05) is 10.0 Å². The molecule has 0 aliphatic carbocycles. The lowest BCUT2D eigenvalue weighted by Gasteiger charge is -2.06. The van der Waals surface area contributed by atoms with Crippen molar-refractivity contribution in [2.24, 2.45) is 5.10 Å². The number of sulfonamides is 1. The summed E-state index contributed by atoms with van der Waals surface area (Å²) in [4.78, 5) is 2.08. The van der Waals surface area contributed by atoms with E-state index in [2.05, 4.69) is 21.0 Å². The molecule has 122 valence electrons. The van der Waals surface area contributed by atoms with Crippen molar-refractivity contribution in [1.82, 2.24) is 4.83 Å². The molecule has 0 unspecified atom stereocenters. The fraction of sp³-hybridized carbons (Fsp3) is 0.133. The van der Waals surface area contributed by atoms with Crippen LogP contribution in [0.5, 0.6) is 5.75 Å². The Labute approximate surface area is 142 Å². The first-order chi connectivity index (χ1) is 10.9. The van der Waals surface area contributed by atoms with Crippen molar-refractivity contribution in [3.8, 4) is 5.75 Å². The second-order valence-electron chi connectivity index (χ2n) is 4.42. The standard InChI is InChI=1S/C15H14BrFN2O3S/c1-2-22-13-4-6-14(7-5-13)23(20,21)19-18-10-11-9-12(16)3-8-15(11)17/h3-10,19H,2H2,1H3/b18-10-. The highest BCUT2D eigenvalue weighted by Gasteiger charge is 2.12. The first-order valence-corrected chi connectivity index (χ1v) is 8.93. The highest BCUT2D eigenvalue weighted by atomic mass is 79.9. The molecule has 2 aromatic carbocycles. The topological polar surface area (TPSA) is 67.8 Å². The monoisotopic (exact) mass is 400 g/mol. The van der Waals surface area contributed by atoms with E-state index < -0.39 is 15.8 Å². The Hall–Kier alpha value is -1.93. The van der Waals surface area contributed by atoms with Crippen LogP contribution in [0.25, 0.3) is 0 Å². The fourth-order valence-corrected chi connectivity index (χ4v) is 2.88. The predicted octanol–water partition coefficient (Wildman–Crippen LogP) is 3.30. The van der Waals surface area contributed by atoms with Crippen LogP contribution >= 0.6 is 15.9 Å². The van der Waals surface area contributed by atoms with Crippen LogP contribution in [0.2, 0.25) is 0 Å². The summed E-state index contributed by atoms with van der Waals surface area (Å²) in [5.74, 6) is 0.0726. The van der Waals surface area contributed by atoms with Gasteiger partial charge in [-0.15, -0.1) is 0 Å². The SMILES string of the molecule is CCOc1ccc(S(=O)(=O)N/N=C\c2cc(Br)ccc2F)cc1. The lowest BCUT2D eigenvalue weighted by atomic mass is 10.2. The van der Waals surface area contributed by atoms with Crippen LogP contribution in [0.4, 0.5) is 4.39 Å². The number of rotatable bonds is 6. The molecule has 0 aliphatic rings. The van der Waals surface area contributed by atoms with Gasteiger partial charge < -0.3 is 4.74 Å². The van der Waals surface area contributed by atoms with Crippen LogP contribution < -0.4 is 9.57 Å². The van der Waals surface area contributed by atoms with Crippen molar-refractivity contribution in [3.63, 3.8) is 0 Å². The highest BCUT2D eigenvalue weighted by molar-refractivity contribution is 9.10. The largest absolute Gasteiger partial charge is 0.494 e. The summed E-state index contributed by atoms with van der Waals surface area (Å²) in [6.07, 6.45) is 1.10. The van der Waals surface area contributed by atoms with E-state index >= 15 is 0 Å². The number of hydrazone groups is 1. The zero-order valence-electron chi connectivity index (χ0n) is 12.2. The molecule has 0 atom stereocenters. The van der Waals surface area contributed by atoms with Gasteiger partial charge in [0.25, 0.3) is 10.0 Å². The van der Waals surface area contributed by atoms with Crippen molar-refractivity contribution in [1.29, 1.82) is 0 Å². The van der Waals surface area contributed by atoms with Gasteiger partial charge in [0.05, 0.1) is 17.7 Å². The lowest BCUT2D eigenvalue weighted by Crippen LogP contribution is -2.18. The van der Waals surface area contributed by atoms with Gasteiger partial charge in [-0.1, -0.05) is 15.9 Å². The summed E-state index contributed by atoms with van der Waals surface area (Å²) in [6, 6.07) is 10.2. The van der Waals surface area contributed by atoms with Crippen molar-refractivity contribution < 1.29 is 17.5 Å². The minimum Gasteiger partial charge on any atom is -0.494 e. The van der Waals surface area contributed by atoms with Gasteiger partial charge in [0.1, 0.15) is 11.6 Å². The third kappa shape index (κ3) is 4.77. The second-order valence-corrected chi connectivity index (χ2v) is 7.00. The normalized spacial score (nSPS) is 11.6. The summed E-state index contributed by atoms with van der Waals surface area (Å²) in [5.41, 5.74) is 0.161. The molecule has 1 N–H and O–H groups in total. The Balaban J connectivity index is 2.11. The molecule has 8 heteroatoms. The van der Waals surface area contributed by atoms with Gasteiger partial charge >= 0.3 is 0 Å². The summed E-state index contributed by atoms with van der Waals surface area (Å²) < 4.78 is 43.6. The third-order valence-corrected chi connectivity index (χ3v) is 4.51. The van der Waals surface area contributed by atoms with Gasteiger partial charge in [0.15, 0.2) is 0 Å². The van der Waals surface area contributed by atoms with E-state index in [1.807, 2.05) is 11.8 Å². The van der Waals surface area contributed by atoms with E-state index in [1.54, 1.807) is 12.1 Å². The Bertz CT molecular complexity index is 808. The molecule has 0 radical (unpaired) electrons. The van der Waals surface area contributed by atoms with Crippen LogP contribution in [-0.4, -0.2) is 21.2 Å². The molecule has 0 bridgehead atoms. The van der Waals surface area contributed by atoms with Gasteiger partial charge in [0.2, 0.25) is 0 Å². The van der Waals surface area contributed by atoms with Gasteiger partial charge in [-0.25, -0.2) is 9.22 Å². The van der Waals surface area contributed by atoms with Crippen molar-refractivity contribution in [3.05, 3.63) is 58.3 Å². The van der Waals surface area contributed by atoms with Gasteiger partial charge in [-0.3, -0.25) is 0 Å². The molecule has 0 aromatic heterocycles. The van der Waals surface area contributed by atoms with E-state index in [0.29, 0.717) is 16.8 Å². The number of nitrogens with zero attached hydrogens (tertiary/aromatic N) is 1. The lowest BCUT2D eigenvalue weighted by molar-refractivity contribution is 0.340.